The first kappa shape index (κ1) is 17.2. The van der Waals surface area contributed by atoms with Crippen molar-refractivity contribution in [2.75, 3.05) is 31.9 Å². The number of piperazine rings is 1. The van der Waals surface area contributed by atoms with Gasteiger partial charge in [-0.05, 0) is 18.6 Å². The summed E-state index contributed by atoms with van der Waals surface area (Å²) in [6.45, 7) is 3.28. The molecule has 2 rings (SSSR count). The van der Waals surface area contributed by atoms with Gasteiger partial charge in [0.1, 0.15) is 0 Å². The summed E-state index contributed by atoms with van der Waals surface area (Å²) >= 11 is 0. The molecule has 4 nitrogen and oxygen atoms in total. The normalized spacial score (nSPS) is 18.5. The van der Waals surface area contributed by atoms with E-state index in [-0.39, 0.29) is 17.9 Å². The van der Waals surface area contributed by atoms with E-state index < -0.39 is 21.8 Å². The average molecular weight is 336 g/mol. The SMILES string of the molecule is CCS(=O)(=O)N1CCN(Cc2ccccc2C(F)(F)F)CC1. The van der Waals surface area contributed by atoms with E-state index in [0.717, 1.165) is 6.07 Å². The highest BCUT2D eigenvalue weighted by molar-refractivity contribution is 7.89. The minimum atomic E-state index is -4.37. The zero-order valence-electron chi connectivity index (χ0n) is 12.3. The Morgan fingerprint density at radius 2 is 1.68 bits per heavy atom. The summed E-state index contributed by atoms with van der Waals surface area (Å²) in [6, 6.07) is 5.51. The van der Waals surface area contributed by atoms with E-state index in [2.05, 4.69) is 0 Å². The van der Waals surface area contributed by atoms with E-state index in [4.69, 9.17) is 0 Å². The highest BCUT2D eigenvalue weighted by Crippen LogP contribution is 2.32. The molecular weight excluding hydrogens is 317 g/mol. The molecule has 0 atom stereocenters. The average Bonchev–Trinajstić information content (AvgIpc) is 2.47. The number of hydrogen-bond acceptors (Lipinski definition) is 3. The lowest BCUT2D eigenvalue weighted by Gasteiger charge is -2.34. The minimum absolute atomic E-state index is 0.0455. The lowest BCUT2D eigenvalue weighted by Crippen LogP contribution is -2.48. The number of alkyl halides is 3. The Balaban J connectivity index is 2.03. The Hall–Kier alpha value is -1.12. The Bertz CT molecular complexity index is 609. The van der Waals surface area contributed by atoms with Crippen molar-refractivity contribution in [2.45, 2.75) is 19.6 Å². The molecule has 1 aliphatic rings. The van der Waals surface area contributed by atoms with E-state index in [1.165, 1.54) is 16.4 Å². The lowest BCUT2D eigenvalue weighted by atomic mass is 10.1. The van der Waals surface area contributed by atoms with Crippen LogP contribution in [-0.2, 0) is 22.7 Å². The van der Waals surface area contributed by atoms with E-state index in [0.29, 0.717) is 26.2 Å². The van der Waals surface area contributed by atoms with E-state index in [1.807, 2.05) is 4.90 Å². The molecule has 22 heavy (non-hydrogen) atoms. The van der Waals surface area contributed by atoms with Gasteiger partial charge < -0.3 is 0 Å². The topological polar surface area (TPSA) is 40.6 Å². The third-order valence-electron chi connectivity index (χ3n) is 3.81. The fraction of sp³-hybridized carbons (Fsp3) is 0.571. The summed E-state index contributed by atoms with van der Waals surface area (Å²) in [5, 5.41) is 0. The maximum absolute atomic E-state index is 13.0. The van der Waals surface area contributed by atoms with Crippen molar-refractivity contribution in [1.29, 1.82) is 0 Å². The number of halogens is 3. The smallest absolute Gasteiger partial charge is 0.296 e. The molecule has 0 aliphatic carbocycles. The van der Waals surface area contributed by atoms with Crippen LogP contribution in [0, 0.1) is 0 Å². The molecule has 1 aliphatic heterocycles. The molecule has 0 amide bonds. The van der Waals surface area contributed by atoms with Crippen LogP contribution in [-0.4, -0.2) is 49.6 Å². The third kappa shape index (κ3) is 3.99. The molecule has 0 N–H and O–H groups in total. The van der Waals surface area contributed by atoms with Crippen molar-refractivity contribution in [3.63, 3.8) is 0 Å². The molecule has 1 saturated heterocycles. The van der Waals surface area contributed by atoms with Crippen molar-refractivity contribution in [3.8, 4) is 0 Å². The van der Waals surface area contributed by atoms with Crippen LogP contribution in [0.5, 0.6) is 0 Å². The summed E-state index contributed by atoms with van der Waals surface area (Å²) in [4.78, 5) is 1.85. The van der Waals surface area contributed by atoms with Crippen LogP contribution in [0.4, 0.5) is 13.2 Å². The number of nitrogens with zero attached hydrogens (tertiary/aromatic N) is 2. The Labute approximate surface area is 128 Å². The highest BCUT2D eigenvalue weighted by atomic mass is 32.2. The highest BCUT2D eigenvalue weighted by Gasteiger charge is 2.33. The van der Waals surface area contributed by atoms with Gasteiger partial charge in [0.15, 0.2) is 0 Å². The molecule has 124 valence electrons. The summed E-state index contributed by atoms with van der Waals surface area (Å²) in [6.07, 6.45) is -4.37. The molecule has 0 bridgehead atoms. The predicted octanol–water partition coefficient (Wildman–Crippen LogP) is 2.17. The first-order valence-corrected chi connectivity index (χ1v) is 8.70. The Kier molecular flexibility index (Phi) is 5.14. The van der Waals surface area contributed by atoms with Crippen molar-refractivity contribution < 1.29 is 21.6 Å². The van der Waals surface area contributed by atoms with Crippen molar-refractivity contribution >= 4 is 10.0 Å². The first-order chi connectivity index (χ1) is 10.2. The molecule has 1 aromatic rings. The number of rotatable bonds is 4. The summed E-state index contributed by atoms with van der Waals surface area (Å²) < 4.78 is 63.8. The van der Waals surface area contributed by atoms with Crippen molar-refractivity contribution in [1.82, 2.24) is 9.21 Å². The molecule has 0 saturated carbocycles. The molecule has 1 aromatic carbocycles. The van der Waals surface area contributed by atoms with Crippen LogP contribution in [0.3, 0.4) is 0 Å². The second-order valence-corrected chi connectivity index (χ2v) is 7.49. The molecule has 1 heterocycles. The third-order valence-corrected chi connectivity index (χ3v) is 5.69. The standard InChI is InChI=1S/C14H19F3N2O2S/c1-2-22(20,21)19-9-7-18(8-10-19)11-12-5-3-4-6-13(12)14(15,16)17/h3-6H,2,7-11H2,1H3. The van der Waals surface area contributed by atoms with Crippen LogP contribution < -0.4 is 0 Å². The van der Waals surface area contributed by atoms with Gasteiger partial charge in [0, 0.05) is 32.7 Å². The number of sulfonamides is 1. The van der Waals surface area contributed by atoms with E-state index >= 15 is 0 Å². The van der Waals surface area contributed by atoms with Crippen molar-refractivity contribution in [2.24, 2.45) is 0 Å². The maximum Gasteiger partial charge on any atom is 0.416 e. The predicted molar refractivity (Wildman–Crippen MR) is 77.8 cm³/mol. The van der Waals surface area contributed by atoms with Gasteiger partial charge in [-0.25, -0.2) is 8.42 Å². The summed E-state index contributed by atoms with van der Waals surface area (Å²) in [7, 11) is -3.22. The molecule has 8 heteroatoms. The van der Waals surface area contributed by atoms with Gasteiger partial charge in [-0.1, -0.05) is 18.2 Å². The monoisotopic (exact) mass is 336 g/mol. The Morgan fingerprint density at radius 1 is 1.09 bits per heavy atom. The molecular formula is C14H19F3N2O2S. The molecule has 0 radical (unpaired) electrons. The van der Waals surface area contributed by atoms with Gasteiger partial charge in [-0.3, -0.25) is 4.90 Å². The van der Waals surface area contributed by atoms with Crippen LogP contribution in [0.1, 0.15) is 18.1 Å². The van der Waals surface area contributed by atoms with Crippen molar-refractivity contribution in [3.05, 3.63) is 35.4 Å². The van der Waals surface area contributed by atoms with Crippen LogP contribution in [0.25, 0.3) is 0 Å². The zero-order chi connectivity index (χ0) is 16.4. The van der Waals surface area contributed by atoms with Gasteiger partial charge in [0.2, 0.25) is 10.0 Å². The summed E-state index contributed by atoms with van der Waals surface area (Å²) in [5.41, 5.74) is -0.402. The largest absolute Gasteiger partial charge is 0.416 e. The van der Waals surface area contributed by atoms with E-state index in [1.54, 1.807) is 13.0 Å². The lowest BCUT2D eigenvalue weighted by molar-refractivity contribution is -0.138. The zero-order valence-corrected chi connectivity index (χ0v) is 13.1. The van der Waals surface area contributed by atoms with Crippen LogP contribution in [0.2, 0.25) is 0 Å². The minimum Gasteiger partial charge on any atom is -0.296 e. The van der Waals surface area contributed by atoms with Gasteiger partial charge in [-0.15, -0.1) is 0 Å². The Morgan fingerprint density at radius 3 is 2.23 bits per heavy atom. The van der Waals surface area contributed by atoms with Gasteiger partial charge in [-0.2, -0.15) is 17.5 Å². The molecule has 0 spiro atoms. The van der Waals surface area contributed by atoms with Crippen LogP contribution in [0.15, 0.2) is 24.3 Å². The second-order valence-electron chi connectivity index (χ2n) is 5.23. The van der Waals surface area contributed by atoms with Crippen LogP contribution >= 0.6 is 0 Å². The second kappa shape index (κ2) is 6.55. The first-order valence-electron chi connectivity index (χ1n) is 7.09. The fourth-order valence-corrected chi connectivity index (χ4v) is 3.61. The fourth-order valence-electron chi connectivity index (χ4n) is 2.52. The van der Waals surface area contributed by atoms with Gasteiger partial charge in [0.05, 0.1) is 11.3 Å². The quantitative estimate of drug-likeness (QED) is 0.846. The maximum atomic E-state index is 13.0. The van der Waals surface area contributed by atoms with Gasteiger partial charge in [0.25, 0.3) is 0 Å². The molecule has 1 fully saturated rings. The van der Waals surface area contributed by atoms with Gasteiger partial charge >= 0.3 is 6.18 Å². The summed E-state index contributed by atoms with van der Waals surface area (Å²) in [5.74, 6) is 0.0455. The molecule has 0 unspecified atom stereocenters. The molecule has 0 aromatic heterocycles. The number of benzene rings is 1. The van der Waals surface area contributed by atoms with E-state index in [9.17, 15) is 21.6 Å². The number of hydrogen-bond donors (Lipinski definition) is 0.